The average molecular weight is 541 g/mol. The number of thiocarbonyl (C=S) groups is 1. The highest BCUT2D eigenvalue weighted by atomic mass is 35.5. The summed E-state index contributed by atoms with van der Waals surface area (Å²) in [4.78, 5) is 24.7. The molecule has 38 heavy (non-hydrogen) atoms. The first-order chi connectivity index (χ1) is 18.4. The van der Waals surface area contributed by atoms with E-state index in [1.165, 1.54) is 6.08 Å². The van der Waals surface area contributed by atoms with Gasteiger partial charge in [-0.25, -0.2) is 4.79 Å². The van der Waals surface area contributed by atoms with Gasteiger partial charge in [0.15, 0.2) is 5.11 Å². The molecule has 188 valence electrons. The van der Waals surface area contributed by atoms with E-state index in [2.05, 4.69) is 10.6 Å². The number of amides is 1. The molecule has 1 amide bonds. The van der Waals surface area contributed by atoms with Crippen LogP contribution in [0.1, 0.15) is 11.3 Å². The van der Waals surface area contributed by atoms with Gasteiger partial charge in [-0.15, -0.1) is 0 Å². The number of hydrogen-bond acceptors (Lipinski definition) is 5. The Morgan fingerprint density at radius 1 is 0.921 bits per heavy atom. The van der Waals surface area contributed by atoms with E-state index < -0.39 is 11.5 Å². The van der Waals surface area contributed by atoms with Gasteiger partial charge in [0.1, 0.15) is 17.1 Å². The number of anilines is 1. The van der Waals surface area contributed by atoms with E-state index >= 15 is 0 Å². The third-order valence-corrected chi connectivity index (χ3v) is 6.43. The minimum atomic E-state index is -0.413. The zero-order valence-electron chi connectivity index (χ0n) is 20.2. The Bertz CT molecular complexity index is 1750. The predicted octanol–water partition coefficient (Wildman–Crippen LogP) is 7.21. The molecule has 2 N–H and O–H groups in total. The molecule has 0 fully saturated rings. The average Bonchev–Trinajstić information content (AvgIpc) is 3.38. The van der Waals surface area contributed by atoms with E-state index in [1.807, 2.05) is 49.4 Å². The fourth-order valence-electron chi connectivity index (χ4n) is 3.81. The second kappa shape index (κ2) is 10.9. The molecule has 2 aromatic heterocycles. The van der Waals surface area contributed by atoms with Crippen LogP contribution in [0.3, 0.4) is 0 Å². The molecule has 5 aromatic rings. The molecule has 0 radical (unpaired) electrons. The summed E-state index contributed by atoms with van der Waals surface area (Å²) in [5.74, 6) is 0.748. The Kier molecular flexibility index (Phi) is 7.22. The van der Waals surface area contributed by atoms with Gasteiger partial charge in [-0.05, 0) is 78.8 Å². The van der Waals surface area contributed by atoms with Crippen molar-refractivity contribution in [3.05, 3.63) is 118 Å². The van der Waals surface area contributed by atoms with Gasteiger partial charge in [0, 0.05) is 27.7 Å². The summed E-state index contributed by atoms with van der Waals surface area (Å²) in [5.41, 5.74) is 3.78. The molecule has 0 bridgehead atoms. The first kappa shape index (κ1) is 25.2. The van der Waals surface area contributed by atoms with Crippen molar-refractivity contribution in [3.8, 4) is 22.5 Å². The maximum Gasteiger partial charge on any atom is 0.344 e. The summed E-state index contributed by atoms with van der Waals surface area (Å²) >= 11 is 11.5. The molecule has 0 unspecified atom stereocenters. The fraction of sp³-hybridized carbons (Fsp3) is 0.0333. The van der Waals surface area contributed by atoms with Crippen molar-refractivity contribution in [3.63, 3.8) is 0 Å². The van der Waals surface area contributed by atoms with Gasteiger partial charge in [0.25, 0.3) is 0 Å². The zero-order valence-corrected chi connectivity index (χ0v) is 21.7. The Balaban J connectivity index is 1.19. The van der Waals surface area contributed by atoms with Gasteiger partial charge >= 0.3 is 5.63 Å². The van der Waals surface area contributed by atoms with Crippen LogP contribution in [0.2, 0.25) is 5.02 Å². The summed E-state index contributed by atoms with van der Waals surface area (Å²) in [6.45, 7) is 1.93. The van der Waals surface area contributed by atoms with Crippen LogP contribution in [-0.4, -0.2) is 11.0 Å². The van der Waals surface area contributed by atoms with Gasteiger partial charge in [0.2, 0.25) is 5.91 Å². The van der Waals surface area contributed by atoms with Gasteiger partial charge in [-0.3, -0.25) is 10.1 Å². The maximum atomic E-state index is 12.4. The number of hydrogen-bond donors (Lipinski definition) is 2. The first-order valence-corrected chi connectivity index (χ1v) is 12.4. The highest BCUT2D eigenvalue weighted by Gasteiger charge is 2.09. The number of carbonyl (C=O) groups excluding carboxylic acids is 1. The lowest BCUT2D eigenvalue weighted by atomic mass is 10.1. The van der Waals surface area contributed by atoms with Crippen LogP contribution in [-0.2, 0) is 4.79 Å². The van der Waals surface area contributed by atoms with Crippen molar-refractivity contribution in [2.24, 2.45) is 0 Å². The number of furan rings is 1. The van der Waals surface area contributed by atoms with E-state index in [4.69, 9.17) is 32.7 Å². The van der Waals surface area contributed by atoms with Crippen LogP contribution >= 0.6 is 23.8 Å². The Morgan fingerprint density at radius 2 is 1.68 bits per heavy atom. The topological polar surface area (TPSA) is 84.5 Å². The standard InChI is InChI=1S/C30H21ClN2O4S/c1-18-6-7-21(17-25(18)31)27-14-12-23(36-27)13-15-28(34)33-30(38)32-22-10-8-19(9-11-22)24-16-20-4-2-3-5-26(20)37-29(24)35/h2-17H,1H3,(H2,32,33,34,38)/b15-13+. The highest BCUT2D eigenvalue weighted by Crippen LogP contribution is 2.27. The van der Waals surface area contributed by atoms with Gasteiger partial charge < -0.3 is 14.2 Å². The molecule has 6 nitrogen and oxygen atoms in total. The molecule has 0 saturated carbocycles. The SMILES string of the molecule is Cc1ccc(-c2ccc(/C=C/C(=O)NC(=S)Nc3ccc(-c4cc5ccccc5oc4=O)cc3)o2)cc1Cl. The van der Waals surface area contributed by atoms with Gasteiger partial charge in [-0.2, -0.15) is 0 Å². The monoisotopic (exact) mass is 540 g/mol. The fourth-order valence-corrected chi connectivity index (χ4v) is 4.21. The van der Waals surface area contributed by atoms with Gasteiger partial charge in [0.05, 0.1) is 5.56 Å². The third-order valence-electron chi connectivity index (χ3n) is 5.81. The molecular formula is C30H21ClN2O4S. The quantitative estimate of drug-likeness (QED) is 0.139. The first-order valence-electron chi connectivity index (χ1n) is 11.7. The molecule has 3 aromatic carbocycles. The Labute approximate surface area is 228 Å². The van der Waals surface area contributed by atoms with E-state index in [0.29, 0.717) is 38.9 Å². The molecule has 0 spiro atoms. The van der Waals surface area contributed by atoms with Crippen LogP contribution < -0.4 is 16.3 Å². The smallest absolute Gasteiger partial charge is 0.344 e. The molecule has 5 rings (SSSR count). The van der Waals surface area contributed by atoms with Crippen LogP contribution in [0, 0.1) is 6.92 Å². The van der Waals surface area contributed by atoms with Crippen molar-refractivity contribution in [1.29, 1.82) is 0 Å². The minimum absolute atomic E-state index is 0.132. The number of para-hydroxylation sites is 1. The van der Waals surface area contributed by atoms with Crippen LogP contribution in [0.5, 0.6) is 0 Å². The number of fused-ring (bicyclic) bond motifs is 1. The molecule has 0 atom stereocenters. The highest BCUT2D eigenvalue weighted by molar-refractivity contribution is 7.80. The number of carbonyl (C=O) groups is 1. The van der Waals surface area contributed by atoms with Crippen molar-refractivity contribution >= 4 is 57.6 Å². The number of nitrogens with one attached hydrogen (secondary N) is 2. The van der Waals surface area contributed by atoms with Gasteiger partial charge in [-0.1, -0.05) is 54.1 Å². The molecule has 0 saturated heterocycles. The molecule has 0 aliphatic heterocycles. The molecular weight excluding hydrogens is 520 g/mol. The van der Waals surface area contributed by atoms with E-state index in [9.17, 15) is 9.59 Å². The van der Waals surface area contributed by atoms with E-state index in [0.717, 1.165) is 16.5 Å². The molecule has 2 heterocycles. The summed E-state index contributed by atoms with van der Waals surface area (Å²) in [6, 6.07) is 25.5. The lowest BCUT2D eigenvalue weighted by molar-refractivity contribution is -0.115. The minimum Gasteiger partial charge on any atom is -0.457 e. The summed E-state index contributed by atoms with van der Waals surface area (Å²) in [6.07, 6.45) is 2.89. The third kappa shape index (κ3) is 5.75. The Hall–Kier alpha value is -4.46. The zero-order chi connectivity index (χ0) is 26.6. The maximum absolute atomic E-state index is 12.4. The van der Waals surface area contributed by atoms with E-state index in [-0.39, 0.29) is 5.11 Å². The summed E-state index contributed by atoms with van der Waals surface area (Å²) in [7, 11) is 0. The number of rotatable bonds is 5. The molecule has 0 aliphatic carbocycles. The Morgan fingerprint density at radius 3 is 2.47 bits per heavy atom. The lowest BCUT2D eigenvalue weighted by Crippen LogP contribution is -2.32. The molecule has 8 heteroatoms. The van der Waals surface area contributed by atoms with E-state index in [1.54, 1.807) is 48.5 Å². The largest absolute Gasteiger partial charge is 0.457 e. The molecule has 0 aliphatic rings. The summed E-state index contributed by atoms with van der Waals surface area (Å²) < 4.78 is 11.2. The van der Waals surface area contributed by atoms with Crippen LogP contribution in [0.4, 0.5) is 5.69 Å². The predicted molar refractivity (Wildman–Crippen MR) is 155 cm³/mol. The second-order valence-corrected chi connectivity index (χ2v) is 9.32. The van der Waals surface area contributed by atoms with Crippen molar-refractivity contribution in [2.45, 2.75) is 6.92 Å². The number of halogens is 1. The lowest BCUT2D eigenvalue weighted by Gasteiger charge is -2.09. The van der Waals surface area contributed by atoms with Crippen molar-refractivity contribution in [1.82, 2.24) is 5.32 Å². The normalized spacial score (nSPS) is 11.1. The van der Waals surface area contributed by atoms with Crippen LogP contribution in [0.25, 0.3) is 39.5 Å². The summed E-state index contributed by atoms with van der Waals surface area (Å²) in [5, 5.41) is 7.18. The van der Waals surface area contributed by atoms with Crippen molar-refractivity contribution in [2.75, 3.05) is 5.32 Å². The second-order valence-electron chi connectivity index (χ2n) is 8.51. The van der Waals surface area contributed by atoms with Crippen molar-refractivity contribution < 1.29 is 13.6 Å². The van der Waals surface area contributed by atoms with Crippen LogP contribution in [0.15, 0.2) is 105 Å². The number of aryl methyl sites for hydroxylation is 1. The number of benzene rings is 3.